The van der Waals surface area contributed by atoms with Crippen molar-refractivity contribution in [2.75, 3.05) is 24.0 Å². The van der Waals surface area contributed by atoms with Gasteiger partial charge in [-0.3, -0.25) is 13.9 Å². The number of aryl methyl sites for hydroxylation is 1. The highest BCUT2D eigenvalue weighted by Crippen LogP contribution is 2.27. The van der Waals surface area contributed by atoms with Crippen molar-refractivity contribution < 1.29 is 22.7 Å². The van der Waals surface area contributed by atoms with Crippen LogP contribution in [0.4, 0.5) is 5.69 Å². The summed E-state index contributed by atoms with van der Waals surface area (Å²) in [6.45, 7) is 7.69. The van der Waals surface area contributed by atoms with Crippen LogP contribution < -0.4 is 14.4 Å². The van der Waals surface area contributed by atoms with E-state index >= 15 is 0 Å². The van der Waals surface area contributed by atoms with Crippen LogP contribution in [0.25, 0.3) is 0 Å². The van der Waals surface area contributed by atoms with Crippen molar-refractivity contribution in [1.82, 2.24) is 10.2 Å². The maximum Gasteiger partial charge on any atom is 0.264 e. The number of nitrogens with zero attached hydrogens (tertiary/aromatic N) is 2. The first-order chi connectivity index (χ1) is 19.1. The second-order valence-corrected chi connectivity index (χ2v) is 11.5. The van der Waals surface area contributed by atoms with Crippen LogP contribution in [-0.4, -0.2) is 50.9 Å². The monoisotopic (exact) mass is 585 g/mol. The number of anilines is 1. The SMILES string of the molecule is CCNC(=O)[C@@H](CC)N(Cc1ccccc1Cl)C(=O)CN(c1ccc(OCC)cc1)S(=O)(=O)c1ccc(C)cc1. The zero-order valence-electron chi connectivity index (χ0n) is 23.3. The molecular formula is C30H36ClN3O5S. The molecule has 0 heterocycles. The van der Waals surface area contributed by atoms with Crippen LogP contribution in [0, 0.1) is 6.92 Å². The smallest absolute Gasteiger partial charge is 0.264 e. The topological polar surface area (TPSA) is 96.0 Å². The highest BCUT2D eigenvalue weighted by Gasteiger charge is 2.33. The Labute approximate surface area is 241 Å². The minimum atomic E-state index is -4.15. The average Bonchev–Trinajstić information content (AvgIpc) is 2.93. The molecule has 0 saturated heterocycles. The fourth-order valence-electron chi connectivity index (χ4n) is 4.26. The molecule has 0 spiro atoms. The number of likely N-dealkylation sites (N-methyl/N-ethyl adjacent to an activating group) is 1. The van der Waals surface area contributed by atoms with Gasteiger partial charge in [0.25, 0.3) is 10.0 Å². The summed E-state index contributed by atoms with van der Waals surface area (Å²) in [5.41, 5.74) is 1.84. The molecule has 10 heteroatoms. The standard InChI is InChI=1S/C30H36ClN3O5S/c1-5-28(30(36)32-6-2)33(20-23-10-8-9-11-27(23)31)29(35)21-34(24-14-16-25(17-15-24)39-7-3)40(37,38)26-18-12-22(4)13-19-26/h8-19,28H,5-7,20-21H2,1-4H3,(H,32,36)/t28-/m1/s1. The van der Waals surface area contributed by atoms with Crippen molar-refractivity contribution in [3.8, 4) is 5.75 Å². The molecule has 0 aromatic heterocycles. The van der Waals surface area contributed by atoms with Crippen LogP contribution in [0.2, 0.25) is 5.02 Å². The number of ether oxygens (including phenoxy) is 1. The van der Waals surface area contributed by atoms with E-state index in [4.69, 9.17) is 16.3 Å². The zero-order chi connectivity index (χ0) is 29.3. The summed E-state index contributed by atoms with van der Waals surface area (Å²) in [6, 6.07) is 19.2. The number of nitrogens with one attached hydrogen (secondary N) is 1. The normalized spacial score (nSPS) is 11.9. The lowest BCUT2D eigenvalue weighted by atomic mass is 10.1. The lowest BCUT2D eigenvalue weighted by Crippen LogP contribution is -2.52. The maximum absolute atomic E-state index is 14.0. The Balaban J connectivity index is 2.07. The summed E-state index contributed by atoms with van der Waals surface area (Å²) in [5, 5.41) is 3.23. The number of benzene rings is 3. The number of rotatable bonds is 13. The van der Waals surface area contributed by atoms with Crippen LogP contribution in [0.1, 0.15) is 38.3 Å². The number of carbonyl (C=O) groups is 2. The average molecular weight is 586 g/mol. The van der Waals surface area contributed by atoms with Crippen molar-refractivity contribution in [3.05, 3.63) is 88.9 Å². The third-order valence-electron chi connectivity index (χ3n) is 6.36. The number of hydrogen-bond acceptors (Lipinski definition) is 5. The molecule has 40 heavy (non-hydrogen) atoms. The van der Waals surface area contributed by atoms with Gasteiger partial charge >= 0.3 is 0 Å². The van der Waals surface area contributed by atoms with Gasteiger partial charge in [-0.2, -0.15) is 0 Å². The van der Waals surface area contributed by atoms with Crippen molar-refractivity contribution in [3.63, 3.8) is 0 Å². The lowest BCUT2D eigenvalue weighted by Gasteiger charge is -2.33. The van der Waals surface area contributed by atoms with Crippen molar-refractivity contribution in [2.45, 2.75) is 51.6 Å². The fraction of sp³-hybridized carbons (Fsp3) is 0.333. The first kappa shape index (κ1) is 31.0. The molecule has 0 fully saturated rings. The van der Waals surface area contributed by atoms with Crippen molar-refractivity contribution in [2.24, 2.45) is 0 Å². The van der Waals surface area contributed by atoms with Crippen LogP contribution in [0.5, 0.6) is 5.75 Å². The first-order valence-electron chi connectivity index (χ1n) is 13.2. The zero-order valence-corrected chi connectivity index (χ0v) is 24.8. The van der Waals surface area contributed by atoms with Gasteiger partial charge in [0.2, 0.25) is 11.8 Å². The summed E-state index contributed by atoms with van der Waals surface area (Å²) in [5.74, 6) is -0.283. The number of amides is 2. The van der Waals surface area contributed by atoms with Gasteiger partial charge in [0.15, 0.2) is 0 Å². The van der Waals surface area contributed by atoms with Gasteiger partial charge in [-0.25, -0.2) is 8.42 Å². The summed E-state index contributed by atoms with van der Waals surface area (Å²) in [4.78, 5) is 28.5. The second kappa shape index (κ2) is 14.2. The Morgan fingerprint density at radius 2 is 1.60 bits per heavy atom. The van der Waals surface area contributed by atoms with Crippen LogP contribution in [0.3, 0.4) is 0 Å². The van der Waals surface area contributed by atoms with Gasteiger partial charge in [0, 0.05) is 18.1 Å². The Kier molecular flexibility index (Phi) is 11.0. The molecule has 1 N–H and O–H groups in total. The largest absolute Gasteiger partial charge is 0.494 e. The van der Waals surface area contributed by atoms with Crippen molar-refractivity contribution >= 4 is 39.1 Å². The summed E-state index contributed by atoms with van der Waals surface area (Å²) in [6.07, 6.45) is 0.329. The Bertz CT molecular complexity index is 1400. The molecule has 0 aliphatic carbocycles. The van der Waals surface area contributed by atoms with E-state index in [0.717, 1.165) is 9.87 Å². The molecular weight excluding hydrogens is 550 g/mol. The van der Waals surface area contributed by atoms with E-state index in [9.17, 15) is 18.0 Å². The molecule has 0 radical (unpaired) electrons. The molecule has 3 aromatic rings. The van der Waals surface area contributed by atoms with Crippen LogP contribution >= 0.6 is 11.6 Å². The molecule has 0 unspecified atom stereocenters. The summed E-state index contributed by atoms with van der Waals surface area (Å²) in [7, 11) is -4.15. The van der Waals surface area contributed by atoms with Crippen LogP contribution in [-0.2, 0) is 26.2 Å². The van der Waals surface area contributed by atoms with Gasteiger partial charge in [-0.1, -0.05) is 54.4 Å². The van der Waals surface area contributed by atoms with E-state index in [0.29, 0.717) is 41.6 Å². The summed E-state index contributed by atoms with van der Waals surface area (Å²) < 4.78 is 34.4. The van der Waals surface area contributed by atoms with Crippen molar-refractivity contribution in [1.29, 1.82) is 0 Å². The Morgan fingerprint density at radius 1 is 0.950 bits per heavy atom. The Hall–Kier alpha value is -3.56. The molecule has 0 aliphatic heterocycles. The molecule has 214 valence electrons. The van der Waals surface area contributed by atoms with Gasteiger partial charge in [-0.05, 0) is 75.2 Å². The van der Waals surface area contributed by atoms with Gasteiger partial charge in [0.05, 0.1) is 17.2 Å². The highest BCUT2D eigenvalue weighted by atomic mass is 35.5. The highest BCUT2D eigenvalue weighted by molar-refractivity contribution is 7.92. The predicted molar refractivity (Wildman–Crippen MR) is 158 cm³/mol. The third-order valence-corrected chi connectivity index (χ3v) is 8.52. The fourth-order valence-corrected chi connectivity index (χ4v) is 5.87. The molecule has 2 amide bonds. The lowest BCUT2D eigenvalue weighted by molar-refractivity contribution is -0.140. The molecule has 1 atom stereocenters. The minimum Gasteiger partial charge on any atom is -0.494 e. The van der Waals surface area contributed by atoms with E-state index in [2.05, 4.69) is 5.32 Å². The quantitative estimate of drug-likeness (QED) is 0.298. The molecule has 0 bridgehead atoms. The second-order valence-electron chi connectivity index (χ2n) is 9.18. The Morgan fingerprint density at radius 3 is 2.17 bits per heavy atom. The first-order valence-corrected chi connectivity index (χ1v) is 15.1. The molecule has 0 saturated carbocycles. The molecule has 3 rings (SSSR count). The van der Waals surface area contributed by atoms with E-state index in [1.54, 1.807) is 74.5 Å². The van der Waals surface area contributed by atoms with E-state index in [1.807, 2.05) is 13.8 Å². The van der Waals surface area contributed by atoms with E-state index < -0.39 is 28.5 Å². The molecule has 0 aliphatic rings. The van der Waals surface area contributed by atoms with Gasteiger partial charge < -0.3 is 15.0 Å². The van der Waals surface area contributed by atoms with E-state index in [1.165, 1.54) is 17.0 Å². The number of halogens is 1. The van der Waals surface area contributed by atoms with Crippen LogP contribution in [0.15, 0.2) is 77.7 Å². The van der Waals surface area contributed by atoms with Gasteiger partial charge in [0.1, 0.15) is 18.3 Å². The third kappa shape index (κ3) is 7.55. The molecule has 3 aromatic carbocycles. The minimum absolute atomic E-state index is 0.0375. The van der Waals surface area contributed by atoms with E-state index in [-0.39, 0.29) is 17.3 Å². The predicted octanol–water partition coefficient (Wildman–Crippen LogP) is 5.19. The maximum atomic E-state index is 14.0. The number of sulfonamides is 1. The molecule has 8 nitrogen and oxygen atoms in total. The van der Waals surface area contributed by atoms with Gasteiger partial charge in [-0.15, -0.1) is 0 Å². The number of carbonyl (C=O) groups excluding carboxylic acids is 2. The number of hydrogen-bond donors (Lipinski definition) is 1. The summed E-state index contributed by atoms with van der Waals surface area (Å²) >= 11 is 6.41.